The molecule has 3 nitrogen and oxygen atoms in total. The molecule has 2 rings (SSSR count). The lowest BCUT2D eigenvalue weighted by Crippen LogP contribution is -2.24. The van der Waals surface area contributed by atoms with E-state index in [2.05, 4.69) is 24.3 Å². The van der Waals surface area contributed by atoms with E-state index >= 15 is 0 Å². The number of rotatable bonds is 6. The zero-order valence-corrected chi connectivity index (χ0v) is 13.4. The summed E-state index contributed by atoms with van der Waals surface area (Å²) in [5, 5.41) is 7.99. The van der Waals surface area contributed by atoms with Gasteiger partial charge in [0.05, 0.1) is 10.7 Å². The third-order valence-electron chi connectivity index (χ3n) is 3.41. The molecule has 1 aromatic carbocycles. The highest BCUT2D eigenvalue weighted by molar-refractivity contribution is 6.30. The van der Waals surface area contributed by atoms with Crippen LogP contribution in [0.25, 0.3) is 0 Å². The number of halogens is 2. The molecular weight excluding hydrogens is 289 g/mol. The summed E-state index contributed by atoms with van der Waals surface area (Å²) in [6, 6.07) is 7.28. The Labute approximate surface area is 130 Å². The zero-order valence-electron chi connectivity index (χ0n) is 12.6. The normalized spacial score (nSPS) is 12.9. The summed E-state index contributed by atoms with van der Waals surface area (Å²) in [6.45, 7) is 6.91. The summed E-state index contributed by atoms with van der Waals surface area (Å²) in [5.41, 5.74) is 1.53. The fourth-order valence-electron chi connectivity index (χ4n) is 2.31. The number of likely N-dealkylation sites (N-methyl/N-ethyl adjacent to an activating group) is 1. The monoisotopic (exact) mass is 309 g/mol. The molecule has 0 saturated carbocycles. The van der Waals surface area contributed by atoms with E-state index in [1.54, 1.807) is 18.2 Å². The lowest BCUT2D eigenvalue weighted by molar-refractivity contribution is 0.490. The third kappa shape index (κ3) is 3.83. The van der Waals surface area contributed by atoms with Gasteiger partial charge in [-0.1, -0.05) is 30.7 Å². The number of aromatic nitrogens is 2. The molecule has 0 aliphatic carbocycles. The Morgan fingerprint density at radius 1 is 1.33 bits per heavy atom. The Morgan fingerprint density at radius 2 is 2.10 bits per heavy atom. The van der Waals surface area contributed by atoms with Crippen LogP contribution in [0.4, 0.5) is 4.39 Å². The van der Waals surface area contributed by atoms with Crippen LogP contribution in [0.1, 0.15) is 44.1 Å². The Balaban J connectivity index is 2.24. The van der Waals surface area contributed by atoms with E-state index < -0.39 is 0 Å². The van der Waals surface area contributed by atoms with Gasteiger partial charge in [0.25, 0.3) is 0 Å². The zero-order chi connectivity index (χ0) is 15.4. The van der Waals surface area contributed by atoms with Gasteiger partial charge < -0.3 is 5.32 Å². The highest BCUT2D eigenvalue weighted by Gasteiger charge is 2.18. The summed E-state index contributed by atoms with van der Waals surface area (Å²) in [7, 11) is 0. The minimum Gasteiger partial charge on any atom is -0.310 e. The van der Waals surface area contributed by atoms with Gasteiger partial charge in [0.1, 0.15) is 5.82 Å². The van der Waals surface area contributed by atoms with E-state index in [1.165, 1.54) is 0 Å². The van der Waals surface area contributed by atoms with Crippen molar-refractivity contribution in [2.75, 3.05) is 6.54 Å². The van der Waals surface area contributed by atoms with Crippen LogP contribution in [0, 0.1) is 5.82 Å². The van der Waals surface area contributed by atoms with Crippen molar-refractivity contribution < 1.29 is 4.39 Å². The van der Waals surface area contributed by atoms with Gasteiger partial charge in [-0.2, -0.15) is 5.10 Å². The molecule has 5 heteroatoms. The van der Waals surface area contributed by atoms with Crippen LogP contribution in [-0.2, 0) is 6.42 Å². The lowest BCUT2D eigenvalue weighted by atomic mass is 10.0. The van der Waals surface area contributed by atoms with Crippen molar-refractivity contribution >= 4 is 11.6 Å². The average molecular weight is 310 g/mol. The molecule has 1 N–H and O–H groups in total. The summed E-state index contributed by atoms with van der Waals surface area (Å²) in [5.74, 6) is -0.353. The highest BCUT2D eigenvalue weighted by Crippen LogP contribution is 2.25. The molecule has 114 valence electrons. The van der Waals surface area contributed by atoms with Crippen LogP contribution in [-0.4, -0.2) is 16.3 Å². The molecule has 21 heavy (non-hydrogen) atoms. The van der Waals surface area contributed by atoms with Crippen molar-refractivity contribution in [3.8, 4) is 0 Å². The van der Waals surface area contributed by atoms with Gasteiger partial charge in [0.15, 0.2) is 0 Å². The summed E-state index contributed by atoms with van der Waals surface area (Å²) >= 11 is 5.88. The van der Waals surface area contributed by atoms with Gasteiger partial charge in [-0.25, -0.2) is 4.39 Å². The van der Waals surface area contributed by atoms with Crippen LogP contribution in [0.5, 0.6) is 0 Å². The predicted molar refractivity (Wildman–Crippen MR) is 84.1 cm³/mol. The minimum absolute atomic E-state index is 0.135. The van der Waals surface area contributed by atoms with Crippen LogP contribution in [0.2, 0.25) is 5.02 Å². The fraction of sp³-hybridized carbons (Fsp3) is 0.438. The molecule has 1 unspecified atom stereocenters. The second-order valence-corrected chi connectivity index (χ2v) is 5.75. The largest absolute Gasteiger partial charge is 0.310 e. The van der Waals surface area contributed by atoms with Crippen molar-refractivity contribution in [3.63, 3.8) is 0 Å². The number of nitrogens with zero attached hydrogens (tertiary/aromatic N) is 2. The van der Waals surface area contributed by atoms with Crippen molar-refractivity contribution in [1.82, 2.24) is 15.1 Å². The van der Waals surface area contributed by atoms with Crippen molar-refractivity contribution in [2.24, 2.45) is 0 Å². The molecule has 0 spiro atoms. The summed E-state index contributed by atoms with van der Waals surface area (Å²) < 4.78 is 16.1. The smallest absolute Gasteiger partial charge is 0.146 e. The van der Waals surface area contributed by atoms with Crippen molar-refractivity contribution in [3.05, 3.63) is 52.6 Å². The molecule has 0 aliphatic heterocycles. The first-order valence-electron chi connectivity index (χ1n) is 7.24. The van der Waals surface area contributed by atoms with Gasteiger partial charge in [0, 0.05) is 30.3 Å². The molecule has 0 amide bonds. The van der Waals surface area contributed by atoms with Gasteiger partial charge in [-0.15, -0.1) is 0 Å². The topological polar surface area (TPSA) is 29.9 Å². The van der Waals surface area contributed by atoms with E-state index in [1.807, 2.05) is 23.9 Å². The van der Waals surface area contributed by atoms with Crippen LogP contribution in [0.3, 0.4) is 0 Å². The summed E-state index contributed by atoms with van der Waals surface area (Å²) in [4.78, 5) is 0. The van der Waals surface area contributed by atoms with Gasteiger partial charge >= 0.3 is 0 Å². The molecule has 0 saturated heterocycles. The van der Waals surface area contributed by atoms with E-state index in [9.17, 15) is 4.39 Å². The Bertz CT molecular complexity index is 595. The van der Waals surface area contributed by atoms with Gasteiger partial charge in [0.2, 0.25) is 0 Å². The number of nitrogens with one attached hydrogen (secondary N) is 1. The standard InChI is InChI=1S/C16H21ClFN3/c1-4-19-15(13-6-5-7-14(17)16(13)18)10-12-8-9-21(20-12)11(2)3/h5-9,11,15,19H,4,10H2,1-3H3. The maximum atomic E-state index is 14.2. The van der Waals surface area contributed by atoms with E-state index in [0.717, 1.165) is 12.2 Å². The van der Waals surface area contributed by atoms with E-state index in [0.29, 0.717) is 18.0 Å². The van der Waals surface area contributed by atoms with Crippen molar-refractivity contribution in [1.29, 1.82) is 0 Å². The number of benzene rings is 1. The first-order chi connectivity index (χ1) is 10.0. The third-order valence-corrected chi connectivity index (χ3v) is 3.71. The minimum atomic E-state index is -0.353. The Hall–Kier alpha value is -1.39. The molecule has 1 atom stereocenters. The van der Waals surface area contributed by atoms with Crippen LogP contribution >= 0.6 is 11.6 Å². The maximum absolute atomic E-state index is 14.2. The molecular formula is C16H21ClFN3. The molecule has 0 radical (unpaired) electrons. The Morgan fingerprint density at radius 3 is 2.71 bits per heavy atom. The van der Waals surface area contributed by atoms with E-state index in [4.69, 9.17) is 11.6 Å². The lowest BCUT2D eigenvalue weighted by Gasteiger charge is -2.18. The molecule has 0 bridgehead atoms. The van der Waals surface area contributed by atoms with E-state index in [-0.39, 0.29) is 16.9 Å². The average Bonchev–Trinajstić information content (AvgIpc) is 2.90. The number of hydrogen-bond donors (Lipinski definition) is 1. The fourth-order valence-corrected chi connectivity index (χ4v) is 2.49. The highest BCUT2D eigenvalue weighted by atomic mass is 35.5. The number of hydrogen-bond acceptors (Lipinski definition) is 2. The molecule has 1 heterocycles. The quantitative estimate of drug-likeness (QED) is 0.868. The molecule has 1 aromatic heterocycles. The molecule has 2 aromatic rings. The second kappa shape index (κ2) is 7.05. The summed E-state index contributed by atoms with van der Waals surface area (Å²) in [6.07, 6.45) is 2.59. The van der Waals surface area contributed by atoms with Crippen molar-refractivity contribution in [2.45, 2.75) is 39.3 Å². The van der Waals surface area contributed by atoms with Gasteiger partial charge in [-0.3, -0.25) is 4.68 Å². The Kier molecular flexibility index (Phi) is 5.37. The first kappa shape index (κ1) is 16.0. The van der Waals surface area contributed by atoms with Crippen LogP contribution in [0.15, 0.2) is 30.5 Å². The molecule has 0 fully saturated rings. The first-order valence-corrected chi connectivity index (χ1v) is 7.62. The molecule has 0 aliphatic rings. The van der Waals surface area contributed by atoms with Gasteiger partial charge in [-0.05, 0) is 32.5 Å². The second-order valence-electron chi connectivity index (χ2n) is 5.34. The maximum Gasteiger partial charge on any atom is 0.146 e. The predicted octanol–water partition coefficient (Wildman–Crippen LogP) is 4.15. The SMILES string of the molecule is CCNC(Cc1ccn(C(C)C)n1)c1cccc(Cl)c1F. The van der Waals surface area contributed by atoms with Crippen LogP contribution < -0.4 is 5.32 Å².